The van der Waals surface area contributed by atoms with Gasteiger partial charge in [0, 0.05) is 18.5 Å². The predicted octanol–water partition coefficient (Wildman–Crippen LogP) is 2.41. The molecule has 1 aromatic heterocycles. The van der Waals surface area contributed by atoms with Crippen LogP contribution in [0.1, 0.15) is 60.0 Å². The lowest BCUT2D eigenvalue weighted by molar-refractivity contribution is -0.124. The first kappa shape index (κ1) is 24.8. The molecule has 2 saturated heterocycles. The zero-order chi connectivity index (χ0) is 25.2. The first-order chi connectivity index (χ1) is 17.4. The number of hydrogen-bond donors (Lipinski definition) is 4. The Labute approximate surface area is 207 Å². The largest absolute Gasteiger partial charge is 0.476 e. The highest BCUT2D eigenvalue weighted by Gasteiger charge is 2.44. The maximum absolute atomic E-state index is 14.4. The van der Waals surface area contributed by atoms with Gasteiger partial charge in [-0.3, -0.25) is 15.1 Å². The number of hydrazine groups is 1. The van der Waals surface area contributed by atoms with Gasteiger partial charge < -0.3 is 14.8 Å². The quantitative estimate of drug-likeness (QED) is 0.455. The molecular weight excluding hydrogens is 472 g/mol. The molecule has 4 atom stereocenters. The van der Waals surface area contributed by atoms with E-state index in [0.717, 1.165) is 51.1 Å². The Balaban J connectivity index is 1.09. The Morgan fingerprint density at radius 2 is 1.97 bits per heavy atom. The number of piperidine rings is 1. The van der Waals surface area contributed by atoms with E-state index < -0.39 is 23.6 Å². The fourth-order valence-corrected chi connectivity index (χ4v) is 5.81. The van der Waals surface area contributed by atoms with Gasteiger partial charge in [-0.15, -0.1) is 0 Å². The maximum atomic E-state index is 14.4. The summed E-state index contributed by atoms with van der Waals surface area (Å²) in [5, 5.41) is 12.1. The number of carboxylic acid groups (broad SMARTS) is 1. The molecule has 1 amide bonds. The van der Waals surface area contributed by atoms with E-state index in [4.69, 9.17) is 9.52 Å². The Kier molecular flexibility index (Phi) is 7.31. The van der Waals surface area contributed by atoms with Gasteiger partial charge in [-0.2, -0.15) is 0 Å². The number of aromatic nitrogens is 1. The molecule has 11 heteroatoms. The molecule has 3 fully saturated rings. The molecule has 1 aromatic carbocycles. The second kappa shape index (κ2) is 10.6. The van der Waals surface area contributed by atoms with Crippen molar-refractivity contribution in [3.63, 3.8) is 0 Å². The van der Waals surface area contributed by atoms with Crippen LogP contribution in [0.5, 0.6) is 0 Å². The molecule has 4 unspecified atom stereocenters. The number of aromatic carboxylic acids is 1. The molecule has 36 heavy (non-hydrogen) atoms. The summed E-state index contributed by atoms with van der Waals surface area (Å²) in [5.41, 5.74) is 6.66. The lowest BCUT2D eigenvalue weighted by Crippen LogP contribution is -2.48. The highest BCUT2D eigenvalue weighted by atomic mass is 19.2. The van der Waals surface area contributed by atoms with Crippen LogP contribution in [0.15, 0.2) is 28.9 Å². The molecule has 0 bridgehead atoms. The summed E-state index contributed by atoms with van der Waals surface area (Å²) in [7, 11) is 0. The van der Waals surface area contributed by atoms with E-state index >= 15 is 0 Å². The van der Waals surface area contributed by atoms with Crippen LogP contribution < -0.4 is 16.2 Å². The van der Waals surface area contributed by atoms with E-state index in [0.29, 0.717) is 36.9 Å². The maximum Gasteiger partial charge on any atom is 0.357 e. The molecule has 9 nitrogen and oxygen atoms in total. The highest BCUT2D eigenvalue weighted by Crippen LogP contribution is 2.40. The first-order valence-corrected chi connectivity index (χ1v) is 12.5. The zero-order valence-corrected chi connectivity index (χ0v) is 19.9. The molecule has 2 aliphatic heterocycles. The van der Waals surface area contributed by atoms with E-state index in [1.165, 1.54) is 0 Å². The van der Waals surface area contributed by atoms with Gasteiger partial charge in [0.25, 0.3) is 0 Å². The Morgan fingerprint density at radius 1 is 1.17 bits per heavy atom. The number of carboxylic acids is 1. The number of benzene rings is 1. The third-order valence-corrected chi connectivity index (χ3v) is 7.86. The van der Waals surface area contributed by atoms with Gasteiger partial charge in [-0.25, -0.2) is 24.0 Å². The molecular formula is C25H31F2N5O4. The van der Waals surface area contributed by atoms with Crippen molar-refractivity contribution in [2.24, 2.45) is 11.8 Å². The number of rotatable bonds is 7. The fourth-order valence-electron chi connectivity index (χ4n) is 5.81. The highest BCUT2D eigenvalue weighted by molar-refractivity contribution is 5.84. The van der Waals surface area contributed by atoms with Crippen LogP contribution in [-0.2, 0) is 11.3 Å². The lowest BCUT2D eigenvalue weighted by atomic mass is 9.73. The van der Waals surface area contributed by atoms with Gasteiger partial charge in [0.1, 0.15) is 12.3 Å². The Hall–Kier alpha value is -2.89. The van der Waals surface area contributed by atoms with Crippen molar-refractivity contribution < 1.29 is 27.9 Å². The summed E-state index contributed by atoms with van der Waals surface area (Å²) in [6.07, 6.45) is 5.10. The van der Waals surface area contributed by atoms with Gasteiger partial charge in [0.15, 0.2) is 17.3 Å². The average molecular weight is 504 g/mol. The predicted molar refractivity (Wildman–Crippen MR) is 125 cm³/mol. The average Bonchev–Trinajstić information content (AvgIpc) is 3.52. The standard InChI is InChI=1S/C25H31F2N5O4/c26-18-3-1-2-16(22(18)27)15-4-5-19-17(10-15)23(31-30-19)24(33)28-11-14-6-8-32(9-7-14)12-21-29-20(13-36-21)25(34)35/h1-3,13-15,17,19,23,30-31H,4-12H2,(H,28,33)(H,34,35). The summed E-state index contributed by atoms with van der Waals surface area (Å²) in [4.78, 5) is 30.1. The minimum atomic E-state index is -1.11. The Morgan fingerprint density at radius 3 is 2.72 bits per heavy atom. The molecule has 0 spiro atoms. The molecule has 0 radical (unpaired) electrons. The number of nitrogens with one attached hydrogen (secondary N) is 3. The Bertz CT molecular complexity index is 1100. The minimum Gasteiger partial charge on any atom is -0.476 e. The van der Waals surface area contributed by atoms with Crippen LogP contribution in [0, 0.1) is 23.5 Å². The molecule has 194 valence electrons. The number of halogens is 2. The van der Waals surface area contributed by atoms with E-state index in [9.17, 15) is 18.4 Å². The van der Waals surface area contributed by atoms with Crippen molar-refractivity contribution in [1.29, 1.82) is 0 Å². The molecule has 5 rings (SSSR count). The van der Waals surface area contributed by atoms with Gasteiger partial charge in [-0.05, 0) is 68.7 Å². The number of oxazole rings is 1. The molecule has 4 N–H and O–H groups in total. The van der Waals surface area contributed by atoms with Gasteiger partial charge in [0.05, 0.1) is 6.54 Å². The number of likely N-dealkylation sites (tertiary alicyclic amines) is 1. The monoisotopic (exact) mass is 503 g/mol. The number of hydrogen-bond acceptors (Lipinski definition) is 7. The van der Waals surface area contributed by atoms with Crippen LogP contribution in [0.3, 0.4) is 0 Å². The van der Waals surface area contributed by atoms with Gasteiger partial charge in [-0.1, -0.05) is 12.1 Å². The molecule has 2 aromatic rings. The van der Waals surface area contributed by atoms with Crippen molar-refractivity contribution in [1.82, 2.24) is 26.1 Å². The fraction of sp³-hybridized carbons (Fsp3) is 0.560. The third-order valence-electron chi connectivity index (χ3n) is 7.86. The first-order valence-electron chi connectivity index (χ1n) is 12.5. The summed E-state index contributed by atoms with van der Waals surface area (Å²) >= 11 is 0. The van der Waals surface area contributed by atoms with E-state index in [-0.39, 0.29) is 29.5 Å². The third kappa shape index (κ3) is 5.28. The van der Waals surface area contributed by atoms with Crippen molar-refractivity contribution in [2.75, 3.05) is 19.6 Å². The van der Waals surface area contributed by atoms with Crippen LogP contribution in [-0.4, -0.2) is 58.6 Å². The number of fused-ring (bicyclic) bond motifs is 1. The van der Waals surface area contributed by atoms with Gasteiger partial charge >= 0.3 is 5.97 Å². The second-order valence-electron chi connectivity index (χ2n) is 10.1. The molecule has 3 aliphatic rings. The molecule has 1 aliphatic carbocycles. The van der Waals surface area contributed by atoms with E-state index in [1.54, 1.807) is 12.1 Å². The summed E-state index contributed by atoms with van der Waals surface area (Å²) in [5.74, 6) is -2.17. The van der Waals surface area contributed by atoms with E-state index in [2.05, 4.69) is 26.1 Å². The van der Waals surface area contributed by atoms with Gasteiger partial charge in [0.2, 0.25) is 11.8 Å². The van der Waals surface area contributed by atoms with Crippen molar-refractivity contribution in [3.8, 4) is 0 Å². The number of carbonyl (C=O) groups excluding carboxylic acids is 1. The number of carbonyl (C=O) groups is 2. The molecule has 3 heterocycles. The topological polar surface area (TPSA) is 120 Å². The normalized spacial score (nSPS) is 27.1. The van der Waals surface area contributed by atoms with Crippen molar-refractivity contribution in [2.45, 2.75) is 56.7 Å². The summed E-state index contributed by atoms with van der Waals surface area (Å²) in [6.45, 7) is 2.65. The van der Waals surface area contributed by atoms with E-state index in [1.807, 2.05) is 0 Å². The lowest BCUT2D eigenvalue weighted by Gasteiger charge is -2.34. The second-order valence-corrected chi connectivity index (χ2v) is 10.1. The number of amides is 1. The summed E-state index contributed by atoms with van der Waals surface area (Å²) in [6, 6.07) is 4.04. The minimum absolute atomic E-state index is 0.00440. The molecule has 1 saturated carbocycles. The van der Waals surface area contributed by atoms with Crippen LogP contribution in [0.2, 0.25) is 0 Å². The van der Waals surface area contributed by atoms with Crippen molar-refractivity contribution in [3.05, 3.63) is 53.2 Å². The van der Waals surface area contributed by atoms with Crippen molar-refractivity contribution >= 4 is 11.9 Å². The smallest absolute Gasteiger partial charge is 0.357 e. The van der Waals surface area contributed by atoms with Crippen LogP contribution >= 0.6 is 0 Å². The SMILES string of the molecule is O=C(O)c1coc(CN2CCC(CNC(=O)C3NNC4CCC(c5cccc(F)c5F)CC43)CC2)n1. The van der Waals surface area contributed by atoms with Crippen LogP contribution in [0.4, 0.5) is 8.78 Å². The zero-order valence-electron chi connectivity index (χ0n) is 19.9. The summed E-state index contributed by atoms with van der Waals surface area (Å²) < 4.78 is 33.4. The number of nitrogens with zero attached hydrogens (tertiary/aromatic N) is 2. The van der Waals surface area contributed by atoms with Crippen LogP contribution in [0.25, 0.3) is 0 Å².